The van der Waals surface area contributed by atoms with Crippen molar-refractivity contribution in [1.82, 2.24) is 24.6 Å². The number of aliphatic carboxylic acids is 1. The van der Waals surface area contributed by atoms with Gasteiger partial charge in [0.25, 0.3) is 0 Å². The van der Waals surface area contributed by atoms with Gasteiger partial charge >= 0.3 is 12.1 Å². The highest BCUT2D eigenvalue weighted by molar-refractivity contribution is 5.73. The van der Waals surface area contributed by atoms with Gasteiger partial charge in [-0.15, -0.1) is 0 Å². The molecule has 0 amide bonds. The number of aromatic nitrogens is 4. The Morgan fingerprint density at radius 3 is 2.58 bits per heavy atom. The van der Waals surface area contributed by atoms with E-state index in [4.69, 9.17) is 25.0 Å². The fourth-order valence-corrected chi connectivity index (χ4v) is 3.18. The van der Waals surface area contributed by atoms with Crippen LogP contribution in [0.5, 0.6) is 5.75 Å². The highest BCUT2D eigenvalue weighted by Crippen LogP contribution is 2.32. The second-order valence-electron chi connectivity index (χ2n) is 7.28. The number of carboxylic acids is 1. The maximum atomic E-state index is 10.6. The van der Waals surface area contributed by atoms with Crippen LogP contribution in [0.2, 0.25) is 0 Å². The largest absolute Gasteiger partial charge is 0.490 e. The van der Waals surface area contributed by atoms with Gasteiger partial charge in [-0.1, -0.05) is 0 Å². The molecule has 1 N–H and O–H groups in total. The third-order valence-corrected chi connectivity index (χ3v) is 4.87. The molecule has 2 aliphatic rings. The molecule has 1 saturated carbocycles. The van der Waals surface area contributed by atoms with Crippen LogP contribution in [0.25, 0.3) is 0 Å². The minimum absolute atomic E-state index is 0.410. The van der Waals surface area contributed by atoms with Crippen molar-refractivity contribution in [3.63, 3.8) is 0 Å². The van der Waals surface area contributed by atoms with Crippen molar-refractivity contribution in [2.45, 2.75) is 45.1 Å². The first kappa shape index (κ1) is 22.5. The van der Waals surface area contributed by atoms with E-state index >= 15 is 0 Å². The van der Waals surface area contributed by atoms with E-state index < -0.39 is 12.1 Å². The number of halogens is 3. The topological polar surface area (TPSA) is 117 Å². The van der Waals surface area contributed by atoms with Crippen molar-refractivity contribution < 1.29 is 27.8 Å². The lowest BCUT2D eigenvalue weighted by atomic mass is 10.1. The van der Waals surface area contributed by atoms with Gasteiger partial charge < -0.3 is 9.84 Å². The van der Waals surface area contributed by atoms with E-state index in [0.29, 0.717) is 18.9 Å². The van der Waals surface area contributed by atoms with E-state index in [-0.39, 0.29) is 0 Å². The van der Waals surface area contributed by atoms with Crippen LogP contribution in [0.3, 0.4) is 0 Å². The van der Waals surface area contributed by atoms with Gasteiger partial charge in [0.1, 0.15) is 18.6 Å². The van der Waals surface area contributed by atoms with Gasteiger partial charge in [-0.25, -0.2) is 14.8 Å². The second kappa shape index (κ2) is 9.74. The van der Waals surface area contributed by atoms with Crippen LogP contribution in [0, 0.1) is 17.2 Å². The van der Waals surface area contributed by atoms with Gasteiger partial charge in [0.2, 0.25) is 0 Å². The molecule has 9 nitrogen and oxygen atoms in total. The number of alkyl halides is 3. The summed E-state index contributed by atoms with van der Waals surface area (Å²) < 4.78 is 39.7. The number of carbonyl (C=O) groups is 1. The number of ether oxygens (including phenoxy) is 1. The molecular weight excluding hydrogens is 417 g/mol. The Balaban J connectivity index is 0.000000339. The van der Waals surface area contributed by atoms with Crippen molar-refractivity contribution in [3.05, 3.63) is 35.7 Å². The molecule has 2 aromatic heterocycles. The van der Waals surface area contributed by atoms with Crippen LogP contribution in [0.4, 0.5) is 13.2 Å². The number of nitriles is 1. The highest BCUT2D eigenvalue weighted by Gasteiger charge is 2.38. The molecule has 1 aliphatic heterocycles. The minimum Gasteiger partial charge on any atom is -0.484 e. The summed E-state index contributed by atoms with van der Waals surface area (Å²) in [5.74, 6) is -1.33. The van der Waals surface area contributed by atoms with E-state index in [1.165, 1.54) is 30.4 Å². The van der Waals surface area contributed by atoms with E-state index in [2.05, 4.69) is 25.6 Å². The summed E-state index contributed by atoms with van der Waals surface area (Å²) in [4.78, 5) is 19.0. The Morgan fingerprint density at radius 2 is 2.00 bits per heavy atom. The Bertz CT molecular complexity index is 938. The zero-order valence-corrected chi connectivity index (χ0v) is 16.5. The number of carboxylic acid groups (broad SMARTS) is 1. The molecule has 0 aromatic carbocycles. The molecule has 0 unspecified atom stereocenters. The molecule has 31 heavy (non-hydrogen) atoms. The molecule has 0 spiro atoms. The Labute approximate surface area is 176 Å². The van der Waals surface area contributed by atoms with E-state index in [0.717, 1.165) is 37.7 Å². The van der Waals surface area contributed by atoms with Crippen LogP contribution in [-0.4, -0.2) is 55.0 Å². The number of fused-ring (bicyclic) bond motifs is 1. The van der Waals surface area contributed by atoms with Gasteiger partial charge in [-0.05, 0) is 18.8 Å². The smallest absolute Gasteiger partial charge is 0.484 e. The van der Waals surface area contributed by atoms with Crippen molar-refractivity contribution in [2.24, 2.45) is 5.92 Å². The van der Waals surface area contributed by atoms with Crippen molar-refractivity contribution in [2.75, 3.05) is 13.1 Å². The molecule has 0 atom stereocenters. The maximum Gasteiger partial charge on any atom is 0.490 e. The van der Waals surface area contributed by atoms with Gasteiger partial charge in [-0.3, -0.25) is 9.58 Å². The Hall–Kier alpha value is -3.20. The minimum atomic E-state index is -5.08. The molecule has 1 fully saturated rings. The quantitative estimate of drug-likeness (QED) is 0.682. The number of rotatable bonds is 6. The lowest BCUT2D eigenvalue weighted by Crippen LogP contribution is -2.31. The number of hydrogen-bond acceptors (Lipinski definition) is 7. The SMILES string of the molecule is N#CCN1CCc2c(c(COc3cncnc3)nn2CC2CC2)C1.O=C(O)C(F)(F)F. The standard InChI is InChI=1S/C17H20N6O.C2HF3O2/c18-4-6-22-5-3-17-15(10-22)16(21-23(17)9-13-1-2-13)11-24-14-7-19-12-20-8-14;3-2(4,5)1(6)7/h7-8,12-13H,1-3,5-6,9-11H2;(H,6,7). The molecule has 2 aromatic rings. The first-order valence-electron chi connectivity index (χ1n) is 9.62. The fourth-order valence-electron chi connectivity index (χ4n) is 3.18. The first-order chi connectivity index (χ1) is 14.8. The van der Waals surface area contributed by atoms with Crippen LogP contribution in [-0.2, 0) is 30.9 Å². The number of hydrogen-bond donors (Lipinski definition) is 1. The fraction of sp³-hybridized carbons (Fsp3) is 0.526. The molecule has 3 heterocycles. The highest BCUT2D eigenvalue weighted by atomic mass is 19.4. The molecule has 0 saturated heterocycles. The summed E-state index contributed by atoms with van der Waals surface area (Å²) >= 11 is 0. The molecule has 166 valence electrons. The third kappa shape index (κ3) is 6.39. The first-order valence-corrected chi connectivity index (χ1v) is 9.62. The van der Waals surface area contributed by atoms with Crippen molar-refractivity contribution in [1.29, 1.82) is 5.26 Å². The molecule has 12 heteroatoms. The van der Waals surface area contributed by atoms with Gasteiger partial charge in [-0.2, -0.15) is 23.5 Å². The zero-order valence-electron chi connectivity index (χ0n) is 16.5. The van der Waals surface area contributed by atoms with Crippen LogP contribution in [0.1, 0.15) is 29.8 Å². The van der Waals surface area contributed by atoms with Gasteiger partial charge in [0, 0.05) is 37.3 Å². The summed E-state index contributed by atoms with van der Waals surface area (Å²) in [6, 6.07) is 2.25. The average Bonchev–Trinajstić information content (AvgIpc) is 3.49. The monoisotopic (exact) mass is 438 g/mol. The van der Waals surface area contributed by atoms with Crippen LogP contribution >= 0.6 is 0 Å². The molecule has 0 bridgehead atoms. The van der Waals surface area contributed by atoms with E-state index in [1.54, 1.807) is 12.4 Å². The zero-order chi connectivity index (χ0) is 22.4. The lowest BCUT2D eigenvalue weighted by molar-refractivity contribution is -0.192. The van der Waals surface area contributed by atoms with E-state index in [1.807, 2.05) is 0 Å². The molecule has 4 rings (SSSR count). The van der Waals surface area contributed by atoms with Crippen LogP contribution in [0.15, 0.2) is 18.7 Å². The van der Waals surface area contributed by atoms with Crippen molar-refractivity contribution >= 4 is 5.97 Å². The second-order valence-corrected chi connectivity index (χ2v) is 7.28. The Morgan fingerprint density at radius 1 is 1.32 bits per heavy atom. The van der Waals surface area contributed by atoms with Crippen LogP contribution < -0.4 is 4.74 Å². The molecular formula is C19H21F3N6O3. The van der Waals surface area contributed by atoms with Gasteiger partial charge in [0.15, 0.2) is 5.75 Å². The summed E-state index contributed by atoms with van der Waals surface area (Å²) in [6.45, 7) is 3.57. The average molecular weight is 438 g/mol. The summed E-state index contributed by atoms with van der Waals surface area (Å²) in [5, 5.41) is 20.9. The third-order valence-electron chi connectivity index (χ3n) is 4.87. The molecule has 1 aliphatic carbocycles. The lowest BCUT2D eigenvalue weighted by Gasteiger charge is -2.25. The summed E-state index contributed by atoms with van der Waals surface area (Å²) in [5.41, 5.74) is 3.52. The Kier molecular flexibility index (Phi) is 7.06. The summed E-state index contributed by atoms with van der Waals surface area (Å²) in [6.07, 6.45) is 3.28. The van der Waals surface area contributed by atoms with E-state index in [9.17, 15) is 13.2 Å². The summed E-state index contributed by atoms with van der Waals surface area (Å²) in [7, 11) is 0. The predicted octanol–water partition coefficient (Wildman–Crippen LogP) is 2.18. The van der Waals surface area contributed by atoms with Gasteiger partial charge in [0.05, 0.1) is 25.0 Å². The van der Waals surface area contributed by atoms with Crippen molar-refractivity contribution in [3.8, 4) is 11.8 Å². The molecule has 0 radical (unpaired) electrons. The maximum absolute atomic E-state index is 10.6. The predicted molar refractivity (Wildman–Crippen MR) is 99.6 cm³/mol. The normalized spacial score (nSPS) is 15.9. The number of nitrogens with zero attached hydrogens (tertiary/aromatic N) is 6.